The second kappa shape index (κ2) is 9.03. The number of aromatic nitrogens is 4. The summed E-state index contributed by atoms with van der Waals surface area (Å²) >= 11 is 0. The maximum atomic E-state index is 12.9. The van der Waals surface area contributed by atoms with Crippen molar-refractivity contribution in [3.8, 4) is 11.1 Å². The zero-order valence-electron chi connectivity index (χ0n) is 19.9. The number of likely N-dealkylation sites (tertiary alicyclic amines) is 1. The molecule has 4 heterocycles. The van der Waals surface area contributed by atoms with Crippen LogP contribution in [0.25, 0.3) is 33.1 Å². The number of ether oxygens (including phenoxy) is 1. The van der Waals surface area contributed by atoms with E-state index in [1.54, 1.807) is 6.20 Å². The molecular weight excluding hydrogens is 440 g/mol. The summed E-state index contributed by atoms with van der Waals surface area (Å²) in [6.45, 7) is 7.58. The Morgan fingerprint density at radius 2 is 1.88 bits per heavy atom. The maximum absolute atomic E-state index is 12.9. The van der Waals surface area contributed by atoms with Gasteiger partial charge < -0.3 is 13.8 Å². The third kappa shape index (κ3) is 4.07. The van der Waals surface area contributed by atoms with E-state index in [9.17, 15) is 8.78 Å². The molecule has 0 amide bonds. The van der Waals surface area contributed by atoms with Gasteiger partial charge in [0, 0.05) is 10.9 Å². The number of aryl methyl sites for hydroxylation is 3. The van der Waals surface area contributed by atoms with Gasteiger partial charge in [0.2, 0.25) is 0 Å². The third-order valence-corrected chi connectivity index (χ3v) is 6.71. The van der Waals surface area contributed by atoms with Gasteiger partial charge in [-0.3, -0.25) is 9.88 Å². The quantitative estimate of drug-likeness (QED) is 0.353. The minimum atomic E-state index is -2.81. The monoisotopic (exact) mass is 469 g/mol. The SMILES string of the molecule is Cc1cc2c(cc1-c1c(C)noc1C)ncc1nc(CN3CCCC3)n([C@@H](C)COC(F)F)c12. The molecule has 5 rings (SSSR count). The zero-order valence-corrected chi connectivity index (χ0v) is 19.9. The van der Waals surface area contributed by atoms with E-state index in [0.29, 0.717) is 6.54 Å². The van der Waals surface area contributed by atoms with Gasteiger partial charge in [-0.1, -0.05) is 5.16 Å². The summed E-state index contributed by atoms with van der Waals surface area (Å²) < 4.78 is 37.9. The molecule has 1 fully saturated rings. The highest BCUT2D eigenvalue weighted by Crippen LogP contribution is 2.36. The topological polar surface area (TPSA) is 69.2 Å². The summed E-state index contributed by atoms with van der Waals surface area (Å²) in [4.78, 5) is 12.0. The predicted octanol–water partition coefficient (Wildman–Crippen LogP) is 5.56. The Morgan fingerprint density at radius 3 is 2.56 bits per heavy atom. The molecule has 1 aromatic carbocycles. The average Bonchev–Trinajstić information content (AvgIpc) is 3.51. The van der Waals surface area contributed by atoms with Crippen molar-refractivity contribution in [3.63, 3.8) is 0 Å². The van der Waals surface area contributed by atoms with E-state index < -0.39 is 6.61 Å². The predicted molar refractivity (Wildman–Crippen MR) is 126 cm³/mol. The molecule has 0 spiro atoms. The molecule has 4 aromatic rings. The Labute approximate surface area is 196 Å². The lowest BCUT2D eigenvalue weighted by atomic mass is 9.96. The number of halogens is 2. The summed E-state index contributed by atoms with van der Waals surface area (Å²) in [5.41, 5.74) is 6.35. The minimum absolute atomic E-state index is 0.101. The molecule has 0 N–H and O–H groups in total. The smallest absolute Gasteiger partial charge is 0.345 e. The second-order valence-electron chi connectivity index (χ2n) is 9.20. The maximum Gasteiger partial charge on any atom is 0.345 e. The van der Waals surface area contributed by atoms with Crippen LogP contribution >= 0.6 is 0 Å². The van der Waals surface area contributed by atoms with Gasteiger partial charge in [-0.05, 0) is 76.9 Å². The van der Waals surface area contributed by atoms with Gasteiger partial charge in [0.1, 0.15) is 17.1 Å². The molecule has 0 unspecified atom stereocenters. The number of alkyl halides is 2. The van der Waals surface area contributed by atoms with Crippen LogP contribution in [0.15, 0.2) is 22.9 Å². The van der Waals surface area contributed by atoms with Crippen LogP contribution < -0.4 is 0 Å². The fraction of sp³-hybridized carbons (Fsp3) is 0.480. The molecule has 7 nitrogen and oxygen atoms in total. The first kappa shape index (κ1) is 22.9. The highest BCUT2D eigenvalue weighted by molar-refractivity contribution is 6.04. The number of hydrogen-bond acceptors (Lipinski definition) is 6. The fourth-order valence-electron chi connectivity index (χ4n) is 5.13. The van der Waals surface area contributed by atoms with Crippen molar-refractivity contribution in [2.45, 2.75) is 59.7 Å². The van der Waals surface area contributed by atoms with Crippen LogP contribution in [0.3, 0.4) is 0 Å². The van der Waals surface area contributed by atoms with E-state index in [4.69, 9.17) is 19.2 Å². The minimum Gasteiger partial charge on any atom is -0.361 e. The molecule has 9 heteroatoms. The zero-order chi connectivity index (χ0) is 24.0. The molecule has 3 aromatic heterocycles. The summed E-state index contributed by atoms with van der Waals surface area (Å²) in [7, 11) is 0. The lowest BCUT2D eigenvalue weighted by Gasteiger charge is -2.21. The first-order valence-electron chi connectivity index (χ1n) is 11.7. The Kier molecular flexibility index (Phi) is 6.07. The summed E-state index contributed by atoms with van der Waals surface area (Å²) in [5, 5.41) is 5.04. The van der Waals surface area contributed by atoms with Crippen molar-refractivity contribution < 1.29 is 18.0 Å². The first-order valence-corrected chi connectivity index (χ1v) is 11.7. The van der Waals surface area contributed by atoms with Crippen molar-refractivity contribution in [2.24, 2.45) is 0 Å². The van der Waals surface area contributed by atoms with Crippen LogP contribution in [0.4, 0.5) is 8.78 Å². The molecule has 0 aliphatic carbocycles. The molecule has 1 atom stereocenters. The van der Waals surface area contributed by atoms with E-state index in [1.165, 1.54) is 12.8 Å². The highest BCUT2D eigenvalue weighted by Gasteiger charge is 2.24. The van der Waals surface area contributed by atoms with Crippen LogP contribution in [-0.2, 0) is 11.3 Å². The lowest BCUT2D eigenvalue weighted by Crippen LogP contribution is -2.24. The molecule has 0 saturated carbocycles. The Morgan fingerprint density at radius 1 is 1.12 bits per heavy atom. The number of hydrogen-bond donors (Lipinski definition) is 0. The number of nitrogens with zero attached hydrogens (tertiary/aromatic N) is 5. The molecule has 1 aliphatic rings. The van der Waals surface area contributed by atoms with E-state index in [2.05, 4.69) is 33.7 Å². The second-order valence-corrected chi connectivity index (χ2v) is 9.20. The number of benzene rings is 1. The molecule has 1 aliphatic heterocycles. The van der Waals surface area contributed by atoms with Gasteiger partial charge in [0.25, 0.3) is 0 Å². The molecule has 34 heavy (non-hydrogen) atoms. The average molecular weight is 470 g/mol. The van der Waals surface area contributed by atoms with Crippen molar-refractivity contribution in [1.82, 2.24) is 24.6 Å². The standard InChI is InChI=1S/C25H29F2N5O2/c1-14-9-19-20(10-18(14)23-16(3)30-34-17(23)4)28-11-21-24(19)32(15(2)13-33-25(26)27)22(29-21)12-31-7-5-6-8-31/h9-11,15,25H,5-8,12-13H2,1-4H3/t15-/m0/s1. The number of rotatable bonds is 7. The summed E-state index contributed by atoms with van der Waals surface area (Å²) in [6.07, 6.45) is 4.10. The molecule has 1 saturated heterocycles. The third-order valence-electron chi connectivity index (χ3n) is 6.71. The fourth-order valence-corrected chi connectivity index (χ4v) is 5.13. The van der Waals surface area contributed by atoms with Crippen molar-refractivity contribution in [1.29, 1.82) is 0 Å². The molecule has 180 valence electrons. The van der Waals surface area contributed by atoms with Crippen molar-refractivity contribution in [2.75, 3.05) is 19.7 Å². The molecule has 0 radical (unpaired) electrons. The van der Waals surface area contributed by atoms with Gasteiger partial charge >= 0.3 is 6.61 Å². The first-order chi connectivity index (χ1) is 16.3. The molecule has 0 bridgehead atoms. The van der Waals surface area contributed by atoms with E-state index in [-0.39, 0.29) is 12.6 Å². The largest absolute Gasteiger partial charge is 0.361 e. The Hall–Kier alpha value is -2.91. The van der Waals surface area contributed by atoms with Gasteiger partial charge in [-0.25, -0.2) is 4.98 Å². The van der Waals surface area contributed by atoms with Gasteiger partial charge in [-0.2, -0.15) is 8.78 Å². The summed E-state index contributed by atoms with van der Waals surface area (Å²) in [6, 6.07) is 3.84. The van der Waals surface area contributed by atoms with Crippen LogP contribution in [-0.4, -0.2) is 50.9 Å². The van der Waals surface area contributed by atoms with Gasteiger partial charge in [-0.15, -0.1) is 0 Å². The highest BCUT2D eigenvalue weighted by atomic mass is 19.3. The van der Waals surface area contributed by atoms with E-state index in [1.807, 2.05) is 20.8 Å². The van der Waals surface area contributed by atoms with Crippen LogP contribution in [0.1, 0.15) is 48.6 Å². The Balaban J connectivity index is 1.69. The van der Waals surface area contributed by atoms with Crippen LogP contribution in [0.5, 0.6) is 0 Å². The number of pyridine rings is 1. The van der Waals surface area contributed by atoms with Gasteiger partial charge in [0.05, 0.1) is 42.1 Å². The van der Waals surface area contributed by atoms with Crippen LogP contribution in [0.2, 0.25) is 0 Å². The lowest BCUT2D eigenvalue weighted by molar-refractivity contribution is -0.135. The Bertz CT molecular complexity index is 1320. The van der Waals surface area contributed by atoms with Crippen LogP contribution in [0, 0.1) is 20.8 Å². The van der Waals surface area contributed by atoms with E-state index in [0.717, 1.165) is 69.0 Å². The summed E-state index contributed by atoms with van der Waals surface area (Å²) in [5.74, 6) is 1.61. The van der Waals surface area contributed by atoms with Crippen molar-refractivity contribution >= 4 is 21.9 Å². The number of imidazole rings is 1. The van der Waals surface area contributed by atoms with Gasteiger partial charge in [0.15, 0.2) is 0 Å². The number of fused-ring (bicyclic) bond motifs is 3. The normalized spacial score (nSPS) is 15.9. The van der Waals surface area contributed by atoms with E-state index >= 15 is 0 Å². The molecular formula is C25H29F2N5O2. The van der Waals surface area contributed by atoms with Crippen molar-refractivity contribution in [3.05, 3.63) is 41.2 Å².